The Balaban J connectivity index is 1.74. The molecule has 0 bridgehead atoms. The van der Waals surface area contributed by atoms with Crippen LogP contribution in [-0.4, -0.2) is 36.7 Å². The number of amides is 3. The van der Waals surface area contributed by atoms with Crippen LogP contribution in [0.5, 0.6) is 0 Å². The van der Waals surface area contributed by atoms with E-state index < -0.39 is 0 Å². The predicted molar refractivity (Wildman–Crippen MR) is 105 cm³/mol. The largest absolute Gasteiger partial charge is 0.345 e. The van der Waals surface area contributed by atoms with Crippen LogP contribution in [0.4, 0.5) is 11.4 Å². The van der Waals surface area contributed by atoms with Crippen molar-refractivity contribution in [2.45, 2.75) is 13.3 Å². The molecule has 1 fully saturated rings. The lowest BCUT2D eigenvalue weighted by Crippen LogP contribution is -2.24. The second-order valence-electron chi connectivity index (χ2n) is 7.09. The molecule has 6 nitrogen and oxygen atoms in total. The highest BCUT2D eigenvalue weighted by Gasteiger charge is 2.39. The summed E-state index contributed by atoms with van der Waals surface area (Å²) in [5.74, 6) is -0.0639. The smallest absolute Gasteiger partial charge is 0.255 e. The third-order valence-electron chi connectivity index (χ3n) is 4.65. The molecule has 2 aromatic carbocycles. The number of rotatable bonds is 5. The Kier molecular flexibility index (Phi) is 5.26. The summed E-state index contributed by atoms with van der Waals surface area (Å²) in [4.78, 5) is 38.5. The van der Waals surface area contributed by atoms with Gasteiger partial charge in [0.25, 0.3) is 11.8 Å². The summed E-state index contributed by atoms with van der Waals surface area (Å²) in [6, 6.07) is 13.7. The topological polar surface area (TPSA) is 78.5 Å². The molecule has 2 aromatic rings. The van der Waals surface area contributed by atoms with Crippen LogP contribution in [0, 0.1) is 11.8 Å². The van der Waals surface area contributed by atoms with Crippen molar-refractivity contribution in [3.8, 4) is 0 Å². The zero-order valence-electron chi connectivity index (χ0n) is 15.7. The van der Waals surface area contributed by atoms with Gasteiger partial charge in [-0.15, -0.1) is 0 Å². The normalized spacial score (nSPS) is 17.7. The van der Waals surface area contributed by atoms with Crippen LogP contribution in [0.15, 0.2) is 48.5 Å². The van der Waals surface area contributed by atoms with E-state index >= 15 is 0 Å². The van der Waals surface area contributed by atoms with Crippen molar-refractivity contribution >= 4 is 29.1 Å². The average Bonchev–Trinajstić information content (AvgIpc) is 3.38. The fourth-order valence-electron chi connectivity index (χ4n) is 2.87. The Labute approximate surface area is 158 Å². The van der Waals surface area contributed by atoms with Crippen molar-refractivity contribution in [3.63, 3.8) is 0 Å². The highest BCUT2D eigenvalue weighted by molar-refractivity contribution is 6.09. The number of benzene rings is 2. The molecular formula is C21H23N3O3. The number of nitrogens with zero attached hydrogens (tertiary/aromatic N) is 1. The average molecular weight is 365 g/mol. The van der Waals surface area contributed by atoms with E-state index in [4.69, 9.17) is 0 Å². The summed E-state index contributed by atoms with van der Waals surface area (Å²) in [5, 5.41) is 5.64. The molecule has 0 aliphatic heterocycles. The minimum absolute atomic E-state index is 0.0121. The predicted octanol–water partition coefficient (Wildman–Crippen LogP) is 3.24. The van der Waals surface area contributed by atoms with Crippen molar-refractivity contribution in [1.29, 1.82) is 0 Å². The summed E-state index contributed by atoms with van der Waals surface area (Å²) in [6.07, 6.45) is 0.905. The fraction of sp³-hybridized carbons (Fsp3) is 0.286. The Morgan fingerprint density at radius 3 is 2.37 bits per heavy atom. The molecule has 1 aliphatic rings. The van der Waals surface area contributed by atoms with Crippen molar-refractivity contribution in [2.75, 3.05) is 24.7 Å². The number of anilines is 2. The number of hydrogen-bond acceptors (Lipinski definition) is 3. The third-order valence-corrected chi connectivity index (χ3v) is 4.65. The molecule has 0 unspecified atom stereocenters. The highest BCUT2D eigenvalue weighted by atomic mass is 16.2. The van der Waals surface area contributed by atoms with E-state index in [2.05, 4.69) is 10.6 Å². The maximum Gasteiger partial charge on any atom is 0.255 e. The first-order valence-electron chi connectivity index (χ1n) is 8.89. The van der Waals surface area contributed by atoms with E-state index in [1.54, 1.807) is 62.6 Å². The van der Waals surface area contributed by atoms with Gasteiger partial charge in [-0.2, -0.15) is 0 Å². The monoisotopic (exact) mass is 365 g/mol. The molecule has 2 atom stereocenters. The molecule has 27 heavy (non-hydrogen) atoms. The molecule has 1 aliphatic carbocycles. The quantitative estimate of drug-likeness (QED) is 0.854. The highest BCUT2D eigenvalue weighted by Crippen LogP contribution is 2.38. The molecule has 140 valence electrons. The maximum atomic E-state index is 12.6. The minimum Gasteiger partial charge on any atom is -0.345 e. The second-order valence-corrected chi connectivity index (χ2v) is 7.09. The molecule has 2 N–H and O–H groups in total. The molecule has 0 saturated heterocycles. The van der Waals surface area contributed by atoms with Gasteiger partial charge in [-0.3, -0.25) is 14.4 Å². The van der Waals surface area contributed by atoms with E-state index in [0.29, 0.717) is 28.4 Å². The molecule has 0 heterocycles. The standard InChI is InChI=1S/C21H23N3O3/c1-13-11-17(13)20(26)22-15-8-6-7-14(12-15)19(25)23-18-10-5-4-9-16(18)21(27)24(2)3/h4-10,12-13,17H,11H2,1-3H3,(H,22,26)(H,23,25)/t13-,17+/m0/s1. The van der Waals surface area contributed by atoms with Crippen molar-refractivity contribution in [2.24, 2.45) is 11.8 Å². The van der Waals surface area contributed by atoms with Crippen LogP contribution in [-0.2, 0) is 4.79 Å². The summed E-state index contributed by atoms with van der Waals surface area (Å²) in [6.45, 7) is 2.04. The SMILES string of the molecule is C[C@H]1C[C@H]1C(=O)Nc1cccc(C(=O)Nc2ccccc2C(=O)N(C)C)c1. The van der Waals surface area contributed by atoms with Gasteiger partial charge >= 0.3 is 0 Å². The van der Waals surface area contributed by atoms with Gasteiger partial charge in [0.15, 0.2) is 0 Å². The Hall–Kier alpha value is -3.15. The number of carbonyl (C=O) groups excluding carboxylic acids is 3. The van der Waals surface area contributed by atoms with Gasteiger partial charge in [-0.1, -0.05) is 25.1 Å². The molecule has 1 saturated carbocycles. The summed E-state index contributed by atoms with van der Waals surface area (Å²) in [7, 11) is 3.32. The van der Waals surface area contributed by atoms with Crippen molar-refractivity contribution in [3.05, 3.63) is 59.7 Å². The van der Waals surface area contributed by atoms with Gasteiger partial charge in [-0.25, -0.2) is 0 Å². The van der Waals surface area contributed by atoms with Crippen LogP contribution in [0.3, 0.4) is 0 Å². The van der Waals surface area contributed by atoms with Crippen LogP contribution >= 0.6 is 0 Å². The van der Waals surface area contributed by atoms with E-state index in [1.807, 2.05) is 6.92 Å². The molecule has 6 heteroatoms. The first-order valence-corrected chi connectivity index (χ1v) is 8.89. The maximum absolute atomic E-state index is 12.6. The summed E-state index contributed by atoms with van der Waals surface area (Å²) >= 11 is 0. The van der Waals surface area contributed by atoms with E-state index in [-0.39, 0.29) is 23.6 Å². The van der Waals surface area contributed by atoms with E-state index in [0.717, 1.165) is 6.42 Å². The summed E-state index contributed by atoms with van der Waals surface area (Å²) in [5.41, 5.74) is 1.86. The fourth-order valence-corrected chi connectivity index (χ4v) is 2.87. The number of carbonyl (C=O) groups is 3. The van der Waals surface area contributed by atoms with E-state index in [1.165, 1.54) is 4.90 Å². The minimum atomic E-state index is -0.343. The molecular weight excluding hydrogens is 342 g/mol. The van der Waals surface area contributed by atoms with Crippen LogP contribution in [0.25, 0.3) is 0 Å². The van der Waals surface area contributed by atoms with Gasteiger partial charge in [0.2, 0.25) is 5.91 Å². The lowest BCUT2D eigenvalue weighted by Gasteiger charge is -2.15. The molecule has 0 spiro atoms. The zero-order valence-corrected chi connectivity index (χ0v) is 15.7. The van der Waals surface area contributed by atoms with Crippen LogP contribution in [0.1, 0.15) is 34.1 Å². The van der Waals surface area contributed by atoms with Crippen molar-refractivity contribution in [1.82, 2.24) is 4.90 Å². The first-order chi connectivity index (χ1) is 12.9. The first kappa shape index (κ1) is 18.6. The van der Waals surface area contributed by atoms with Gasteiger partial charge in [0, 0.05) is 31.3 Å². The van der Waals surface area contributed by atoms with Gasteiger partial charge in [0.1, 0.15) is 0 Å². The molecule has 3 amide bonds. The van der Waals surface area contributed by atoms with Gasteiger partial charge in [-0.05, 0) is 42.7 Å². The Morgan fingerprint density at radius 2 is 1.70 bits per heavy atom. The lowest BCUT2D eigenvalue weighted by atomic mass is 10.1. The molecule has 3 rings (SSSR count). The van der Waals surface area contributed by atoms with Crippen LogP contribution < -0.4 is 10.6 Å². The van der Waals surface area contributed by atoms with Crippen molar-refractivity contribution < 1.29 is 14.4 Å². The van der Waals surface area contributed by atoms with Crippen LogP contribution in [0.2, 0.25) is 0 Å². The number of para-hydroxylation sites is 1. The Bertz CT molecular complexity index is 892. The lowest BCUT2D eigenvalue weighted by molar-refractivity contribution is -0.117. The number of hydrogen-bond donors (Lipinski definition) is 2. The molecule has 0 radical (unpaired) electrons. The molecule has 0 aromatic heterocycles. The number of nitrogens with one attached hydrogen (secondary N) is 2. The van der Waals surface area contributed by atoms with Gasteiger partial charge in [0.05, 0.1) is 11.3 Å². The van der Waals surface area contributed by atoms with Gasteiger partial charge < -0.3 is 15.5 Å². The third kappa shape index (κ3) is 4.34. The zero-order chi connectivity index (χ0) is 19.6. The Morgan fingerprint density at radius 1 is 1.00 bits per heavy atom. The second kappa shape index (κ2) is 7.61. The summed E-state index contributed by atoms with van der Waals surface area (Å²) < 4.78 is 0. The van der Waals surface area contributed by atoms with E-state index in [9.17, 15) is 14.4 Å².